The molecule has 7 nitrogen and oxygen atoms in total. The summed E-state index contributed by atoms with van der Waals surface area (Å²) in [5, 5.41) is 9.52. The van der Waals surface area contributed by atoms with E-state index in [4.69, 9.17) is 0 Å². The summed E-state index contributed by atoms with van der Waals surface area (Å²) in [6, 6.07) is 1.21. The number of aromatic amines is 1. The van der Waals surface area contributed by atoms with Gasteiger partial charge in [0.15, 0.2) is 0 Å². The summed E-state index contributed by atoms with van der Waals surface area (Å²) >= 11 is 0. The van der Waals surface area contributed by atoms with Crippen LogP contribution in [0.5, 0.6) is 0 Å². The molecule has 1 aliphatic heterocycles. The molecule has 1 amide bonds. The van der Waals surface area contributed by atoms with Gasteiger partial charge in [0.25, 0.3) is 5.56 Å². The van der Waals surface area contributed by atoms with Gasteiger partial charge in [0.1, 0.15) is 6.54 Å². The fraction of sp³-hybridized carbons (Fsp3) is 0.583. The van der Waals surface area contributed by atoms with Crippen molar-refractivity contribution in [1.29, 1.82) is 0 Å². The zero-order chi connectivity index (χ0) is 13.8. The van der Waals surface area contributed by atoms with Crippen molar-refractivity contribution in [2.75, 3.05) is 13.1 Å². The Morgan fingerprint density at radius 1 is 1.37 bits per heavy atom. The van der Waals surface area contributed by atoms with Gasteiger partial charge >= 0.3 is 5.69 Å². The largest absolute Gasteiger partial charge is 0.393 e. The van der Waals surface area contributed by atoms with E-state index in [1.807, 2.05) is 0 Å². The van der Waals surface area contributed by atoms with E-state index in [-0.39, 0.29) is 18.6 Å². The Bertz CT molecular complexity index is 563. The molecule has 2 heterocycles. The molecule has 2 N–H and O–H groups in total. The van der Waals surface area contributed by atoms with E-state index in [0.717, 1.165) is 6.42 Å². The fourth-order valence-corrected chi connectivity index (χ4v) is 2.14. The number of carbonyl (C=O) groups is 1. The molecule has 0 spiro atoms. The van der Waals surface area contributed by atoms with Crippen molar-refractivity contribution < 1.29 is 9.90 Å². The lowest BCUT2D eigenvalue weighted by Gasteiger charge is -2.20. The Morgan fingerprint density at radius 2 is 2.16 bits per heavy atom. The summed E-state index contributed by atoms with van der Waals surface area (Å²) in [6.45, 7) is 0.998. The molecule has 0 aromatic carbocycles. The second-order valence-electron chi connectivity index (χ2n) is 4.70. The zero-order valence-electron chi connectivity index (χ0n) is 10.5. The Morgan fingerprint density at radius 3 is 2.89 bits per heavy atom. The average Bonchev–Trinajstić information content (AvgIpc) is 2.57. The topological polar surface area (TPSA) is 95.4 Å². The first-order valence-electron chi connectivity index (χ1n) is 6.32. The van der Waals surface area contributed by atoms with Crippen LogP contribution in [0.2, 0.25) is 0 Å². The minimum Gasteiger partial charge on any atom is -0.393 e. The van der Waals surface area contributed by atoms with Crippen LogP contribution in [-0.2, 0) is 11.3 Å². The lowest BCUT2D eigenvalue weighted by atomic mass is 10.2. The number of H-pyrrole nitrogens is 1. The third-order valence-electron chi connectivity index (χ3n) is 3.25. The van der Waals surface area contributed by atoms with Crippen molar-refractivity contribution >= 4 is 5.91 Å². The van der Waals surface area contributed by atoms with E-state index in [0.29, 0.717) is 25.9 Å². The van der Waals surface area contributed by atoms with Crippen molar-refractivity contribution in [3.63, 3.8) is 0 Å². The molecule has 1 aromatic heterocycles. The molecule has 1 fully saturated rings. The zero-order valence-corrected chi connectivity index (χ0v) is 10.5. The van der Waals surface area contributed by atoms with Gasteiger partial charge in [-0.05, 0) is 19.3 Å². The maximum Gasteiger partial charge on any atom is 0.328 e. The van der Waals surface area contributed by atoms with Crippen molar-refractivity contribution in [2.24, 2.45) is 0 Å². The SMILES string of the molecule is O=C(Cn1ccc(=O)[nH]c1=O)N1CCC[C@@H](O)CC1. The Balaban J connectivity index is 2.04. The van der Waals surface area contributed by atoms with Crippen LogP contribution in [0, 0.1) is 0 Å². The van der Waals surface area contributed by atoms with Gasteiger partial charge in [0.05, 0.1) is 6.10 Å². The van der Waals surface area contributed by atoms with Gasteiger partial charge < -0.3 is 10.0 Å². The maximum atomic E-state index is 12.1. The minimum atomic E-state index is -0.587. The quantitative estimate of drug-likeness (QED) is 0.711. The van der Waals surface area contributed by atoms with Gasteiger partial charge in [-0.3, -0.25) is 19.1 Å². The number of aromatic nitrogens is 2. The van der Waals surface area contributed by atoms with E-state index in [1.165, 1.54) is 16.8 Å². The first-order valence-corrected chi connectivity index (χ1v) is 6.32. The van der Waals surface area contributed by atoms with Gasteiger partial charge in [0.2, 0.25) is 5.91 Å². The molecule has 0 unspecified atom stereocenters. The molecular weight excluding hydrogens is 250 g/mol. The van der Waals surface area contributed by atoms with Gasteiger partial charge in [-0.1, -0.05) is 0 Å². The number of likely N-dealkylation sites (tertiary alicyclic amines) is 1. The van der Waals surface area contributed by atoms with Gasteiger partial charge in [-0.15, -0.1) is 0 Å². The second kappa shape index (κ2) is 5.83. The van der Waals surface area contributed by atoms with E-state index in [9.17, 15) is 19.5 Å². The molecule has 7 heteroatoms. The van der Waals surface area contributed by atoms with E-state index in [2.05, 4.69) is 4.98 Å². The van der Waals surface area contributed by atoms with Gasteiger partial charge in [-0.25, -0.2) is 4.79 Å². The maximum absolute atomic E-state index is 12.1. The highest BCUT2D eigenvalue weighted by Crippen LogP contribution is 2.10. The summed E-state index contributed by atoms with van der Waals surface area (Å²) < 4.78 is 1.17. The highest BCUT2D eigenvalue weighted by molar-refractivity contribution is 5.76. The number of carbonyl (C=O) groups excluding carboxylic acids is 1. The van der Waals surface area contributed by atoms with Crippen LogP contribution in [0.15, 0.2) is 21.9 Å². The van der Waals surface area contributed by atoms with Crippen LogP contribution >= 0.6 is 0 Å². The van der Waals surface area contributed by atoms with Gasteiger partial charge in [0, 0.05) is 25.4 Å². The smallest absolute Gasteiger partial charge is 0.328 e. The Labute approximate surface area is 109 Å². The normalized spacial score (nSPS) is 20.1. The van der Waals surface area contributed by atoms with Crippen LogP contribution in [0.4, 0.5) is 0 Å². The number of nitrogens with zero attached hydrogens (tertiary/aromatic N) is 2. The number of hydrogen-bond acceptors (Lipinski definition) is 4. The van der Waals surface area contributed by atoms with Crippen LogP contribution in [0.3, 0.4) is 0 Å². The molecule has 0 aliphatic carbocycles. The monoisotopic (exact) mass is 267 g/mol. The molecular formula is C12H17N3O4. The summed E-state index contributed by atoms with van der Waals surface area (Å²) in [4.78, 5) is 38.2. The predicted molar refractivity (Wildman–Crippen MR) is 67.8 cm³/mol. The number of nitrogens with one attached hydrogen (secondary N) is 1. The van der Waals surface area contributed by atoms with Crippen LogP contribution < -0.4 is 11.2 Å². The van der Waals surface area contributed by atoms with Crippen molar-refractivity contribution in [3.05, 3.63) is 33.1 Å². The minimum absolute atomic E-state index is 0.0916. The third kappa shape index (κ3) is 3.54. The molecule has 1 saturated heterocycles. The standard InChI is InChI=1S/C12H17N3O4/c16-9-2-1-5-14(6-3-9)11(18)8-15-7-4-10(17)13-12(15)19/h4,7,9,16H,1-3,5-6,8H2,(H,13,17,19)/t9-/m1/s1. The van der Waals surface area contributed by atoms with Crippen LogP contribution in [0.1, 0.15) is 19.3 Å². The Kier molecular flexibility index (Phi) is 4.16. The molecule has 104 valence electrons. The summed E-state index contributed by atoms with van der Waals surface area (Å²) in [5.74, 6) is -0.178. The van der Waals surface area contributed by atoms with Crippen LogP contribution in [-0.4, -0.2) is 44.7 Å². The second-order valence-corrected chi connectivity index (χ2v) is 4.70. The average molecular weight is 267 g/mol. The van der Waals surface area contributed by atoms with Crippen molar-refractivity contribution in [3.8, 4) is 0 Å². The number of rotatable bonds is 2. The van der Waals surface area contributed by atoms with Crippen LogP contribution in [0.25, 0.3) is 0 Å². The van der Waals surface area contributed by atoms with E-state index < -0.39 is 11.2 Å². The molecule has 1 aromatic rings. The first-order chi connectivity index (χ1) is 9.06. The Hall–Kier alpha value is -1.89. The molecule has 0 saturated carbocycles. The van der Waals surface area contributed by atoms with Gasteiger partial charge in [-0.2, -0.15) is 0 Å². The number of hydrogen-bond donors (Lipinski definition) is 2. The van der Waals surface area contributed by atoms with E-state index >= 15 is 0 Å². The summed E-state index contributed by atoms with van der Waals surface area (Å²) in [7, 11) is 0. The highest BCUT2D eigenvalue weighted by atomic mass is 16.3. The number of aliphatic hydroxyl groups is 1. The molecule has 0 bridgehead atoms. The highest BCUT2D eigenvalue weighted by Gasteiger charge is 2.19. The molecule has 1 atom stereocenters. The fourth-order valence-electron chi connectivity index (χ4n) is 2.14. The van der Waals surface area contributed by atoms with Crippen molar-refractivity contribution in [1.82, 2.24) is 14.5 Å². The molecule has 0 radical (unpaired) electrons. The summed E-state index contributed by atoms with van der Waals surface area (Å²) in [5.41, 5.74) is -1.07. The van der Waals surface area contributed by atoms with Crippen molar-refractivity contribution in [2.45, 2.75) is 31.9 Å². The molecule has 2 rings (SSSR count). The first kappa shape index (κ1) is 13.5. The molecule has 19 heavy (non-hydrogen) atoms. The lowest BCUT2D eigenvalue weighted by molar-refractivity contribution is -0.131. The molecule has 1 aliphatic rings. The third-order valence-corrected chi connectivity index (χ3v) is 3.25. The predicted octanol–water partition coefficient (Wildman–Crippen LogP) is -1.09. The number of aliphatic hydroxyl groups excluding tert-OH is 1. The van der Waals surface area contributed by atoms with E-state index in [1.54, 1.807) is 4.90 Å². The summed E-state index contributed by atoms with van der Waals surface area (Å²) in [6.07, 6.45) is 2.97. The number of amides is 1. The lowest BCUT2D eigenvalue weighted by Crippen LogP contribution is -2.38.